The molecule has 0 fully saturated rings. The number of fused-ring (bicyclic) bond motifs is 1. The molecule has 3 N–H and O–H groups in total. The fourth-order valence-corrected chi connectivity index (χ4v) is 2.30. The summed E-state index contributed by atoms with van der Waals surface area (Å²) in [4.78, 5) is 16.1. The summed E-state index contributed by atoms with van der Waals surface area (Å²) >= 11 is 0. The van der Waals surface area contributed by atoms with E-state index in [0.717, 1.165) is 19.4 Å². The normalized spacial score (nSPS) is 12.7. The fraction of sp³-hybridized carbons (Fsp3) is 0.400. The Morgan fingerprint density at radius 2 is 2.05 bits per heavy atom. The Kier molecular flexibility index (Phi) is 4.22. The van der Waals surface area contributed by atoms with Crippen LogP contribution in [0.15, 0.2) is 29.1 Å². The SMILES string of the molecule is CCCC[NH+](C)Cc1c(O)c2ccccc2[nH]c1=O. The smallest absolute Gasteiger partial charge is 0.261 e. The van der Waals surface area contributed by atoms with E-state index in [1.54, 1.807) is 6.07 Å². The number of pyridine rings is 1. The molecular formula is C15H21N2O2+. The van der Waals surface area contributed by atoms with Gasteiger partial charge in [-0.25, -0.2) is 0 Å². The third kappa shape index (κ3) is 2.96. The molecule has 0 aliphatic rings. The second kappa shape index (κ2) is 5.89. The maximum Gasteiger partial charge on any atom is 0.261 e. The lowest BCUT2D eigenvalue weighted by Gasteiger charge is -2.14. The Labute approximate surface area is 112 Å². The Morgan fingerprint density at radius 3 is 2.79 bits per heavy atom. The van der Waals surface area contributed by atoms with Gasteiger partial charge in [0.25, 0.3) is 5.56 Å². The minimum absolute atomic E-state index is 0.121. The van der Waals surface area contributed by atoms with Crippen LogP contribution in [0.3, 0.4) is 0 Å². The van der Waals surface area contributed by atoms with Crippen LogP contribution in [0.2, 0.25) is 0 Å². The van der Waals surface area contributed by atoms with Gasteiger partial charge >= 0.3 is 0 Å². The van der Waals surface area contributed by atoms with Gasteiger partial charge in [0.2, 0.25) is 0 Å². The molecule has 1 aromatic carbocycles. The van der Waals surface area contributed by atoms with Crippen molar-refractivity contribution in [2.45, 2.75) is 26.3 Å². The number of aromatic amines is 1. The maximum atomic E-state index is 12.0. The van der Waals surface area contributed by atoms with Gasteiger partial charge in [-0.3, -0.25) is 4.79 Å². The zero-order valence-electron chi connectivity index (χ0n) is 11.5. The molecule has 102 valence electrons. The minimum Gasteiger partial charge on any atom is -0.507 e. The first-order valence-corrected chi connectivity index (χ1v) is 6.77. The van der Waals surface area contributed by atoms with Gasteiger partial charge in [-0.05, 0) is 18.6 Å². The van der Waals surface area contributed by atoms with E-state index in [2.05, 4.69) is 11.9 Å². The van der Waals surface area contributed by atoms with Crippen LogP contribution in [-0.2, 0) is 6.54 Å². The van der Waals surface area contributed by atoms with Crippen molar-refractivity contribution in [2.24, 2.45) is 0 Å². The number of unbranched alkanes of at least 4 members (excludes halogenated alkanes) is 1. The lowest BCUT2D eigenvalue weighted by Crippen LogP contribution is -3.07. The van der Waals surface area contributed by atoms with Crippen LogP contribution < -0.4 is 10.5 Å². The number of benzene rings is 1. The molecule has 19 heavy (non-hydrogen) atoms. The van der Waals surface area contributed by atoms with Crippen LogP contribution in [0.5, 0.6) is 5.75 Å². The van der Waals surface area contributed by atoms with E-state index >= 15 is 0 Å². The summed E-state index contributed by atoms with van der Waals surface area (Å²) in [5, 5.41) is 11.0. The van der Waals surface area contributed by atoms with Gasteiger partial charge in [-0.15, -0.1) is 0 Å². The van der Waals surface area contributed by atoms with Crippen molar-refractivity contribution < 1.29 is 10.0 Å². The first-order chi connectivity index (χ1) is 9.13. The molecule has 0 spiro atoms. The number of rotatable bonds is 5. The number of nitrogens with one attached hydrogen (secondary N) is 2. The van der Waals surface area contributed by atoms with E-state index in [-0.39, 0.29) is 11.3 Å². The molecule has 4 nitrogen and oxygen atoms in total. The zero-order valence-corrected chi connectivity index (χ0v) is 11.5. The number of H-pyrrole nitrogens is 1. The Morgan fingerprint density at radius 1 is 1.32 bits per heavy atom. The number of hydrogen-bond donors (Lipinski definition) is 3. The average molecular weight is 261 g/mol. The first-order valence-electron chi connectivity index (χ1n) is 6.77. The van der Waals surface area contributed by atoms with Crippen LogP contribution in [0, 0.1) is 0 Å². The molecule has 1 heterocycles. The van der Waals surface area contributed by atoms with Crippen molar-refractivity contribution >= 4 is 10.9 Å². The van der Waals surface area contributed by atoms with Gasteiger partial charge in [0.15, 0.2) is 0 Å². The standard InChI is InChI=1S/C15H20N2O2/c1-3-4-9-17(2)10-12-14(18)11-7-5-6-8-13(11)16-15(12)19/h5-8H,3-4,9-10H2,1-2H3,(H2,16,18,19)/p+1. The number of para-hydroxylation sites is 1. The number of hydrogen-bond acceptors (Lipinski definition) is 2. The van der Waals surface area contributed by atoms with Crippen molar-refractivity contribution in [1.29, 1.82) is 0 Å². The van der Waals surface area contributed by atoms with Gasteiger partial charge in [-0.1, -0.05) is 25.5 Å². The summed E-state index contributed by atoms with van der Waals surface area (Å²) < 4.78 is 0. The Balaban J connectivity index is 2.35. The highest BCUT2D eigenvalue weighted by molar-refractivity contribution is 5.85. The number of aromatic nitrogens is 1. The molecule has 1 atom stereocenters. The summed E-state index contributed by atoms with van der Waals surface area (Å²) in [6.07, 6.45) is 2.26. The topological polar surface area (TPSA) is 57.5 Å². The molecule has 1 aromatic heterocycles. The third-order valence-electron chi connectivity index (χ3n) is 3.43. The molecule has 0 aliphatic carbocycles. The van der Waals surface area contributed by atoms with E-state index in [9.17, 15) is 9.90 Å². The van der Waals surface area contributed by atoms with Crippen molar-refractivity contribution in [3.63, 3.8) is 0 Å². The van der Waals surface area contributed by atoms with Gasteiger partial charge < -0.3 is 15.0 Å². The van der Waals surface area contributed by atoms with E-state index in [1.807, 2.05) is 25.2 Å². The van der Waals surface area contributed by atoms with Crippen molar-refractivity contribution in [1.82, 2.24) is 4.98 Å². The van der Waals surface area contributed by atoms with Crippen LogP contribution in [-0.4, -0.2) is 23.7 Å². The van der Waals surface area contributed by atoms with Crippen molar-refractivity contribution in [2.75, 3.05) is 13.6 Å². The summed E-state index contributed by atoms with van der Waals surface area (Å²) in [7, 11) is 2.05. The molecule has 4 heteroatoms. The lowest BCUT2D eigenvalue weighted by molar-refractivity contribution is -0.894. The lowest BCUT2D eigenvalue weighted by atomic mass is 10.1. The van der Waals surface area contributed by atoms with Crippen LogP contribution in [0.25, 0.3) is 10.9 Å². The van der Waals surface area contributed by atoms with Crippen molar-refractivity contribution in [3.8, 4) is 5.75 Å². The van der Waals surface area contributed by atoms with Crippen LogP contribution >= 0.6 is 0 Å². The molecule has 1 unspecified atom stereocenters. The Hall–Kier alpha value is -1.81. The van der Waals surface area contributed by atoms with E-state index in [1.165, 1.54) is 4.90 Å². The highest BCUT2D eigenvalue weighted by atomic mass is 16.3. The Bertz CT molecular complexity index is 619. The fourth-order valence-electron chi connectivity index (χ4n) is 2.30. The van der Waals surface area contributed by atoms with Gasteiger partial charge in [0, 0.05) is 5.39 Å². The molecule has 0 aliphatic heterocycles. The second-order valence-electron chi connectivity index (χ2n) is 5.06. The van der Waals surface area contributed by atoms with Gasteiger partial charge in [-0.2, -0.15) is 0 Å². The molecule has 0 radical (unpaired) electrons. The molecule has 2 aromatic rings. The summed E-state index contributed by atoms with van der Waals surface area (Å²) in [6.45, 7) is 3.70. The first kappa shape index (κ1) is 13.6. The molecule has 0 saturated heterocycles. The van der Waals surface area contributed by atoms with Crippen molar-refractivity contribution in [3.05, 3.63) is 40.2 Å². The molecule has 0 saturated carbocycles. The highest BCUT2D eigenvalue weighted by Gasteiger charge is 2.15. The predicted octanol–water partition coefficient (Wildman–Crippen LogP) is 1.05. The third-order valence-corrected chi connectivity index (χ3v) is 3.43. The molecule has 0 bridgehead atoms. The number of quaternary nitrogens is 1. The second-order valence-corrected chi connectivity index (χ2v) is 5.06. The van der Waals surface area contributed by atoms with Gasteiger partial charge in [0.05, 0.1) is 19.1 Å². The molecule has 2 rings (SSSR count). The minimum atomic E-state index is -0.188. The quantitative estimate of drug-likeness (QED) is 0.753. The number of aromatic hydroxyl groups is 1. The predicted molar refractivity (Wildman–Crippen MR) is 76.6 cm³/mol. The average Bonchev–Trinajstić information content (AvgIpc) is 2.41. The largest absolute Gasteiger partial charge is 0.507 e. The summed E-state index contributed by atoms with van der Waals surface area (Å²) in [5.41, 5.74) is 0.972. The summed E-state index contributed by atoms with van der Waals surface area (Å²) in [5.74, 6) is 0.121. The van der Waals surface area contributed by atoms with E-state index < -0.39 is 0 Å². The molecular weight excluding hydrogens is 240 g/mol. The van der Waals surface area contributed by atoms with Crippen LogP contribution in [0.4, 0.5) is 0 Å². The summed E-state index contributed by atoms with van der Waals surface area (Å²) in [6, 6.07) is 7.33. The zero-order chi connectivity index (χ0) is 13.8. The van der Waals surface area contributed by atoms with Gasteiger partial charge in [0.1, 0.15) is 17.9 Å². The maximum absolute atomic E-state index is 12.0. The highest BCUT2D eigenvalue weighted by Crippen LogP contribution is 2.23. The molecule has 0 amide bonds. The van der Waals surface area contributed by atoms with Crippen LogP contribution in [0.1, 0.15) is 25.3 Å². The van der Waals surface area contributed by atoms with E-state index in [0.29, 0.717) is 23.0 Å². The van der Waals surface area contributed by atoms with E-state index in [4.69, 9.17) is 0 Å². The monoisotopic (exact) mass is 261 g/mol.